The van der Waals surface area contributed by atoms with Crippen LogP contribution >= 0.6 is 0 Å². The van der Waals surface area contributed by atoms with Crippen molar-refractivity contribution in [2.24, 2.45) is 14.1 Å². The number of imidazole rings is 1. The van der Waals surface area contributed by atoms with Crippen LogP contribution < -0.4 is 15.7 Å². The van der Waals surface area contributed by atoms with Gasteiger partial charge in [0.2, 0.25) is 9.84 Å². The van der Waals surface area contributed by atoms with E-state index in [0.717, 1.165) is 35.4 Å². The smallest absolute Gasteiger partial charge is 0.328 e. The lowest BCUT2D eigenvalue weighted by Gasteiger charge is -2.14. The maximum atomic E-state index is 13.5. The summed E-state index contributed by atoms with van der Waals surface area (Å²) in [5.41, 5.74) is 2.34. The van der Waals surface area contributed by atoms with E-state index in [4.69, 9.17) is 4.74 Å². The number of amides is 1. The number of carbonyl (C=O) groups excluding carboxylic acids is 1. The first-order valence-corrected chi connectivity index (χ1v) is 12.2. The molecule has 4 rings (SSSR count). The quantitative estimate of drug-likeness (QED) is 0.411. The predicted molar refractivity (Wildman–Crippen MR) is 130 cm³/mol. The number of hydrogen-bond acceptors (Lipinski definition) is 5. The number of fused-ring (bicyclic) bond motifs is 1. The zero-order valence-corrected chi connectivity index (χ0v) is 20.4. The van der Waals surface area contributed by atoms with Crippen LogP contribution in [0.3, 0.4) is 0 Å². The van der Waals surface area contributed by atoms with Gasteiger partial charge in [-0.2, -0.15) is 0 Å². The number of ether oxygens (including phenoxy) is 1. The normalized spacial score (nSPS) is 11.6. The van der Waals surface area contributed by atoms with E-state index in [0.29, 0.717) is 16.8 Å². The number of rotatable bonds is 6. The van der Waals surface area contributed by atoms with E-state index in [9.17, 15) is 22.4 Å². The standard InChI is InChI=1S/C25H24FN3O5S/c1-15-5-10-22(16(2)11-15)34-14-24(30)27-19-12-20-21(29(4)25(31)28(20)3)13-23(19)35(32,33)18-8-6-17(26)7-9-18/h5-13H,14H2,1-4H3,(H,27,30). The van der Waals surface area contributed by atoms with E-state index in [1.54, 1.807) is 13.1 Å². The Bertz CT molecular complexity index is 1620. The van der Waals surface area contributed by atoms with Crippen LogP contribution in [0.4, 0.5) is 10.1 Å². The van der Waals surface area contributed by atoms with Crippen molar-refractivity contribution >= 4 is 32.5 Å². The summed E-state index contributed by atoms with van der Waals surface area (Å²) in [6, 6.07) is 12.7. The molecule has 4 aromatic rings. The van der Waals surface area contributed by atoms with Gasteiger partial charge in [0.1, 0.15) is 11.6 Å². The molecule has 3 aromatic carbocycles. The summed E-state index contributed by atoms with van der Waals surface area (Å²) >= 11 is 0. The van der Waals surface area contributed by atoms with Crippen molar-refractivity contribution in [2.45, 2.75) is 23.6 Å². The summed E-state index contributed by atoms with van der Waals surface area (Å²) in [4.78, 5) is 24.8. The molecule has 1 N–H and O–H groups in total. The number of hydrogen-bond donors (Lipinski definition) is 1. The van der Waals surface area contributed by atoms with Gasteiger partial charge in [-0.05, 0) is 61.9 Å². The van der Waals surface area contributed by atoms with Crippen molar-refractivity contribution in [2.75, 3.05) is 11.9 Å². The van der Waals surface area contributed by atoms with Crippen molar-refractivity contribution in [1.29, 1.82) is 0 Å². The highest BCUT2D eigenvalue weighted by molar-refractivity contribution is 7.91. The van der Waals surface area contributed by atoms with Crippen molar-refractivity contribution in [3.8, 4) is 5.75 Å². The molecule has 1 amide bonds. The zero-order valence-electron chi connectivity index (χ0n) is 19.6. The summed E-state index contributed by atoms with van der Waals surface area (Å²) in [7, 11) is -1.10. The first-order valence-electron chi connectivity index (χ1n) is 10.7. The molecule has 0 aliphatic carbocycles. The summed E-state index contributed by atoms with van der Waals surface area (Å²) in [6.07, 6.45) is 0. The van der Waals surface area contributed by atoms with Gasteiger partial charge >= 0.3 is 5.69 Å². The Kier molecular flexibility index (Phi) is 6.25. The maximum Gasteiger partial charge on any atom is 0.328 e. The van der Waals surface area contributed by atoms with Crippen LogP contribution in [0.2, 0.25) is 0 Å². The lowest BCUT2D eigenvalue weighted by atomic mass is 10.1. The Morgan fingerprint density at radius 2 is 1.60 bits per heavy atom. The van der Waals surface area contributed by atoms with Crippen molar-refractivity contribution in [3.05, 3.63) is 82.0 Å². The zero-order chi connectivity index (χ0) is 25.5. The number of nitrogens with one attached hydrogen (secondary N) is 1. The van der Waals surface area contributed by atoms with Crippen molar-refractivity contribution in [3.63, 3.8) is 0 Å². The second-order valence-corrected chi connectivity index (χ2v) is 10.2. The number of benzene rings is 3. The minimum Gasteiger partial charge on any atom is -0.483 e. The predicted octanol–water partition coefficient (Wildman–Crippen LogP) is 3.48. The molecule has 182 valence electrons. The van der Waals surface area contributed by atoms with Crippen LogP contribution in [0, 0.1) is 19.7 Å². The second-order valence-electron chi connectivity index (χ2n) is 8.30. The Hall–Kier alpha value is -3.92. The molecule has 10 heteroatoms. The van der Waals surface area contributed by atoms with Gasteiger partial charge in [0.25, 0.3) is 5.91 Å². The number of aromatic nitrogens is 2. The van der Waals surface area contributed by atoms with Gasteiger partial charge in [-0.3, -0.25) is 13.9 Å². The maximum absolute atomic E-state index is 13.5. The molecule has 0 aliphatic rings. The van der Waals surface area contributed by atoms with Crippen molar-refractivity contribution in [1.82, 2.24) is 9.13 Å². The van der Waals surface area contributed by atoms with Crippen LogP contribution in [0.15, 0.2) is 69.2 Å². The molecular formula is C25H24FN3O5S. The highest BCUT2D eigenvalue weighted by Gasteiger charge is 2.25. The molecule has 0 fully saturated rings. The Balaban J connectivity index is 1.75. The highest BCUT2D eigenvalue weighted by atomic mass is 32.2. The lowest BCUT2D eigenvalue weighted by molar-refractivity contribution is -0.118. The first-order chi connectivity index (χ1) is 16.5. The second kappa shape index (κ2) is 9.03. The summed E-state index contributed by atoms with van der Waals surface area (Å²) in [6.45, 7) is 3.45. The van der Waals surface area contributed by atoms with E-state index in [-0.39, 0.29) is 27.8 Å². The van der Waals surface area contributed by atoms with Crippen LogP contribution in [0.25, 0.3) is 11.0 Å². The summed E-state index contributed by atoms with van der Waals surface area (Å²) in [5, 5.41) is 2.61. The van der Waals surface area contributed by atoms with Gasteiger partial charge in [0, 0.05) is 14.1 Å². The van der Waals surface area contributed by atoms with Gasteiger partial charge < -0.3 is 10.1 Å². The molecule has 0 saturated carbocycles. The minimum atomic E-state index is -4.17. The van der Waals surface area contributed by atoms with Gasteiger partial charge in [-0.1, -0.05) is 17.7 Å². The molecule has 35 heavy (non-hydrogen) atoms. The topological polar surface area (TPSA) is 99.4 Å². The molecule has 0 unspecified atom stereocenters. The first kappa shape index (κ1) is 24.2. The van der Waals surface area contributed by atoms with Crippen LogP contribution in [0.5, 0.6) is 5.75 Å². The Morgan fingerprint density at radius 1 is 0.971 bits per heavy atom. The van der Waals surface area contributed by atoms with E-state index in [1.807, 2.05) is 26.0 Å². The van der Waals surface area contributed by atoms with Crippen LogP contribution in [0.1, 0.15) is 11.1 Å². The molecule has 0 aliphatic heterocycles. The van der Waals surface area contributed by atoms with E-state index < -0.39 is 21.6 Å². The number of nitrogens with zero attached hydrogens (tertiary/aromatic N) is 2. The minimum absolute atomic E-state index is 0.0164. The molecule has 0 radical (unpaired) electrons. The molecular weight excluding hydrogens is 473 g/mol. The SMILES string of the molecule is Cc1ccc(OCC(=O)Nc2cc3c(cc2S(=O)(=O)c2ccc(F)cc2)n(C)c(=O)n3C)c(C)c1. The van der Waals surface area contributed by atoms with Gasteiger partial charge in [0.15, 0.2) is 6.61 Å². The largest absolute Gasteiger partial charge is 0.483 e. The Labute approximate surface area is 201 Å². The summed E-state index contributed by atoms with van der Waals surface area (Å²) in [5.74, 6) is -0.631. The van der Waals surface area contributed by atoms with Crippen LogP contribution in [-0.2, 0) is 28.7 Å². The third kappa shape index (κ3) is 4.57. The number of anilines is 1. The molecule has 0 atom stereocenters. The fraction of sp³-hybridized carbons (Fsp3) is 0.200. The summed E-state index contributed by atoms with van der Waals surface area (Å²) < 4.78 is 48.6. The number of sulfone groups is 1. The Morgan fingerprint density at radius 3 is 2.23 bits per heavy atom. The fourth-order valence-corrected chi connectivity index (χ4v) is 5.29. The average molecular weight is 498 g/mol. The monoisotopic (exact) mass is 497 g/mol. The third-order valence-corrected chi connectivity index (χ3v) is 7.56. The molecule has 8 nitrogen and oxygen atoms in total. The molecule has 0 saturated heterocycles. The fourth-order valence-electron chi connectivity index (χ4n) is 3.88. The average Bonchev–Trinajstić information content (AvgIpc) is 3.01. The van der Waals surface area contributed by atoms with Crippen LogP contribution in [-0.4, -0.2) is 30.1 Å². The number of aryl methyl sites for hydroxylation is 4. The van der Waals surface area contributed by atoms with Crippen molar-refractivity contribution < 1.29 is 22.3 Å². The van der Waals surface area contributed by atoms with E-state index in [1.165, 1.54) is 28.3 Å². The molecule has 1 heterocycles. The van der Waals surface area contributed by atoms with Gasteiger partial charge in [-0.15, -0.1) is 0 Å². The molecule has 0 bridgehead atoms. The highest BCUT2D eigenvalue weighted by Crippen LogP contribution is 2.32. The molecule has 0 spiro atoms. The van der Waals surface area contributed by atoms with E-state index in [2.05, 4.69) is 5.32 Å². The number of carbonyl (C=O) groups is 1. The van der Waals surface area contributed by atoms with Gasteiger partial charge in [0.05, 0.1) is 26.5 Å². The third-order valence-electron chi connectivity index (χ3n) is 5.75. The lowest BCUT2D eigenvalue weighted by Crippen LogP contribution is -2.22. The van der Waals surface area contributed by atoms with Gasteiger partial charge in [-0.25, -0.2) is 17.6 Å². The molecule has 1 aromatic heterocycles. The number of halogens is 1. The van der Waals surface area contributed by atoms with E-state index >= 15 is 0 Å².